The van der Waals surface area contributed by atoms with E-state index < -0.39 is 0 Å². The first-order chi connectivity index (χ1) is 9.67. The molecular weight excluding hydrogens is 281 g/mol. The van der Waals surface area contributed by atoms with Gasteiger partial charge in [-0.3, -0.25) is 4.99 Å². The fraction of sp³-hybridized carbons (Fsp3) is 0.500. The normalized spacial score (nSPS) is 21.7. The van der Waals surface area contributed by atoms with Gasteiger partial charge in [-0.15, -0.1) is 0 Å². The maximum Gasteiger partial charge on any atom is 0.191 e. The molecular formula is C14H19ClFN3O. The predicted octanol–water partition coefficient (Wildman–Crippen LogP) is 2.15. The summed E-state index contributed by atoms with van der Waals surface area (Å²) >= 11 is 6.07. The summed E-state index contributed by atoms with van der Waals surface area (Å²) in [6, 6.07) is 4.96. The summed E-state index contributed by atoms with van der Waals surface area (Å²) in [5.41, 5.74) is 0.596. The van der Waals surface area contributed by atoms with Crippen LogP contribution in [0.3, 0.4) is 0 Å². The molecule has 0 heterocycles. The van der Waals surface area contributed by atoms with Gasteiger partial charge >= 0.3 is 0 Å². The average molecular weight is 300 g/mol. The highest BCUT2D eigenvalue weighted by Gasteiger charge is 2.41. The van der Waals surface area contributed by atoms with E-state index in [1.165, 1.54) is 6.07 Å². The Bertz CT molecular complexity index is 475. The summed E-state index contributed by atoms with van der Waals surface area (Å²) in [6.07, 6.45) is 0.853. The van der Waals surface area contributed by atoms with Crippen LogP contribution >= 0.6 is 11.6 Å². The van der Waals surface area contributed by atoms with Crippen molar-refractivity contribution in [1.29, 1.82) is 0 Å². The molecule has 1 aliphatic carbocycles. The van der Waals surface area contributed by atoms with Crippen LogP contribution in [0.25, 0.3) is 0 Å². The van der Waals surface area contributed by atoms with E-state index in [0.29, 0.717) is 29.7 Å². The van der Waals surface area contributed by atoms with Gasteiger partial charge in [0.05, 0.1) is 6.61 Å². The lowest BCUT2D eigenvalue weighted by molar-refractivity contribution is 0.203. The fourth-order valence-electron chi connectivity index (χ4n) is 2.18. The molecule has 2 unspecified atom stereocenters. The summed E-state index contributed by atoms with van der Waals surface area (Å²) in [5.74, 6) is 0.556. The number of hydrogen-bond acceptors (Lipinski definition) is 2. The molecule has 2 N–H and O–H groups in total. The Morgan fingerprint density at radius 2 is 2.35 bits per heavy atom. The van der Waals surface area contributed by atoms with Gasteiger partial charge in [-0.05, 0) is 18.6 Å². The molecule has 6 heteroatoms. The molecule has 1 aliphatic rings. The van der Waals surface area contributed by atoms with Gasteiger partial charge in [0.25, 0.3) is 0 Å². The van der Waals surface area contributed by atoms with Crippen molar-refractivity contribution in [3.8, 4) is 0 Å². The zero-order valence-electron chi connectivity index (χ0n) is 11.6. The van der Waals surface area contributed by atoms with Crippen LogP contribution in [0, 0.1) is 5.82 Å². The van der Waals surface area contributed by atoms with Crippen molar-refractivity contribution < 1.29 is 9.13 Å². The Morgan fingerprint density at radius 3 is 3.00 bits per heavy atom. The second-order valence-corrected chi connectivity index (χ2v) is 5.13. The zero-order chi connectivity index (χ0) is 14.5. The summed E-state index contributed by atoms with van der Waals surface area (Å²) in [6.45, 7) is 1.28. The van der Waals surface area contributed by atoms with Crippen LogP contribution in [-0.4, -0.2) is 39.3 Å². The van der Waals surface area contributed by atoms with Crippen molar-refractivity contribution in [3.63, 3.8) is 0 Å². The summed E-state index contributed by atoms with van der Waals surface area (Å²) in [7, 11) is 3.35. The quantitative estimate of drug-likeness (QED) is 0.497. The molecule has 0 spiro atoms. The van der Waals surface area contributed by atoms with Crippen molar-refractivity contribution in [2.45, 2.75) is 18.4 Å². The van der Waals surface area contributed by atoms with Crippen LogP contribution < -0.4 is 10.6 Å². The number of hydrogen-bond donors (Lipinski definition) is 2. The minimum absolute atomic E-state index is 0.102. The van der Waals surface area contributed by atoms with Crippen molar-refractivity contribution in [2.24, 2.45) is 4.99 Å². The van der Waals surface area contributed by atoms with E-state index in [2.05, 4.69) is 15.6 Å². The molecule has 0 aromatic heterocycles. The van der Waals surface area contributed by atoms with Crippen molar-refractivity contribution >= 4 is 17.6 Å². The van der Waals surface area contributed by atoms with E-state index in [9.17, 15) is 4.39 Å². The second-order valence-electron chi connectivity index (χ2n) is 4.72. The topological polar surface area (TPSA) is 45.7 Å². The number of methoxy groups -OCH3 is 1. The molecule has 20 heavy (non-hydrogen) atoms. The number of aliphatic imine (C=N–C) groups is 1. The third-order valence-corrected chi connectivity index (χ3v) is 3.63. The van der Waals surface area contributed by atoms with E-state index in [1.54, 1.807) is 26.3 Å². The van der Waals surface area contributed by atoms with Crippen LogP contribution in [0.5, 0.6) is 0 Å². The first kappa shape index (κ1) is 15.1. The molecule has 0 amide bonds. The van der Waals surface area contributed by atoms with Crippen LogP contribution in [0.4, 0.5) is 4.39 Å². The molecule has 1 fully saturated rings. The molecule has 2 atom stereocenters. The smallest absolute Gasteiger partial charge is 0.191 e. The van der Waals surface area contributed by atoms with Gasteiger partial charge in [-0.2, -0.15) is 0 Å². The van der Waals surface area contributed by atoms with E-state index in [1.807, 2.05) is 0 Å². The molecule has 4 nitrogen and oxygen atoms in total. The van der Waals surface area contributed by atoms with Gasteiger partial charge in [-0.1, -0.05) is 17.7 Å². The van der Waals surface area contributed by atoms with Gasteiger partial charge in [-0.25, -0.2) is 4.39 Å². The Hall–Kier alpha value is -1.33. The molecule has 0 bridgehead atoms. The molecule has 0 radical (unpaired) electrons. The largest absolute Gasteiger partial charge is 0.383 e. The van der Waals surface area contributed by atoms with Crippen molar-refractivity contribution in [1.82, 2.24) is 10.6 Å². The number of benzene rings is 1. The maximum absolute atomic E-state index is 13.8. The average Bonchev–Trinajstić information content (AvgIpc) is 3.16. The number of nitrogens with zero attached hydrogens (tertiary/aromatic N) is 1. The molecule has 1 saturated carbocycles. The zero-order valence-corrected chi connectivity index (χ0v) is 12.4. The Morgan fingerprint density at radius 1 is 1.55 bits per heavy atom. The van der Waals surface area contributed by atoms with Crippen molar-refractivity contribution in [2.75, 3.05) is 27.3 Å². The van der Waals surface area contributed by atoms with Crippen molar-refractivity contribution in [3.05, 3.63) is 34.6 Å². The SMILES string of the molecule is CN=C(NCCOC)NC1CC1c1c(F)cccc1Cl. The lowest BCUT2D eigenvalue weighted by atomic mass is 10.1. The maximum atomic E-state index is 13.8. The number of nitrogens with one attached hydrogen (secondary N) is 2. The Balaban J connectivity index is 1.91. The monoisotopic (exact) mass is 299 g/mol. The van der Waals surface area contributed by atoms with Gasteiger partial charge in [0.1, 0.15) is 5.82 Å². The first-order valence-corrected chi connectivity index (χ1v) is 6.95. The van der Waals surface area contributed by atoms with Crippen LogP contribution in [-0.2, 0) is 4.74 Å². The molecule has 110 valence electrons. The standard InChI is InChI=1S/C14H19ClFN3O/c1-17-14(18-6-7-20-2)19-12-8-9(12)13-10(15)4-3-5-11(13)16/h3-5,9,12H,6-8H2,1-2H3,(H2,17,18,19). The number of ether oxygens (including phenoxy) is 1. The lowest BCUT2D eigenvalue weighted by Gasteiger charge is -2.12. The van der Waals surface area contributed by atoms with Gasteiger partial charge in [0.15, 0.2) is 5.96 Å². The minimum Gasteiger partial charge on any atom is -0.383 e. The number of guanidine groups is 1. The highest BCUT2D eigenvalue weighted by Crippen LogP contribution is 2.44. The Kier molecular flexibility index (Phi) is 5.20. The van der Waals surface area contributed by atoms with Gasteiger partial charge < -0.3 is 15.4 Å². The Labute approximate surface area is 123 Å². The lowest BCUT2D eigenvalue weighted by Crippen LogP contribution is -2.40. The number of halogens is 2. The van der Waals surface area contributed by atoms with Crippen LogP contribution in [0.2, 0.25) is 5.02 Å². The predicted molar refractivity (Wildman–Crippen MR) is 78.9 cm³/mol. The highest BCUT2D eigenvalue weighted by molar-refractivity contribution is 6.31. The van der Waals surface area contributed by atoms with E-state index in [4.69, 9.17) is 16.3 Å². The summed E-state index contributed by atoms with van der Waals surface area (Å²) < 4.78 is 18.8. The van der Waals surface area contributed by atoms with E-state index in [-0.39, 0.29) is 17.8 Å². The molecule has 2 rings (SSSR count). The van der Waals surface area contributed by atoms with Crippen LogP contribution in [0.1, 0.15) is 17.9 Å². The molecule has 0 aliphatic heterocycles. The third-order valence-electron chi connectivity index (χ3n) is 3.31. The summed E-state index contributed by atoms with van der Waals surface area (Å²) in [4.78, 5) is 4.13. The first-order valence-electron chi connectivity index (χ1n) is 6.57. The number of rotatable bonds is 5. The molecule has 1 aromatic carbocycles. The van der Waals surface area contributed by atoms with E-state index >= 15 is 0 Å². The third kappa shape index (κ3) is 3.61. The second kappa shape index (κ2) is 6.90. The fourth-order valence-corrected chi connectivity index (χ4v) is 2.48. The van der Waals surface area contributed by atoms with Crippen LogP contribution in [0.15, 0.2) is 23.2 Å². The van der Waals surface area contributed by atoms with E-state index in [0.717, 1.165) is 6.42 Å². The van der Waals surface area contributed by atoms with Gasteiger partial charge in [0.2, 0.25) is 0 Å². The highest BCUT2D eigenvalue weighted by atomic mass is 35.5. The molecule has 0 saturated heterocycles. The summed E-state index contributed by atoms with van der Waals surface area (Å²) in [5, 5.41) is 6.88. The van der Waals surface area contributed by atoms with Gasteiger partial charge in [0, 0.05) is 43.2 Å². The minimum atomic E-state index is -0.242. The molecule has 1 aromatic rings.